The quantitative estimate of drug-likeness (QED) is 0.752. The lowest BCUT2D eigenvalue weighted by Gasteiger charge is -2.40. The predicted octanol–water partition coefficient (Wildman–Crippen LogP) is 2.96. The fraction of sp³-hybridized carbons (Fsp3) is 0.812. The van der Waals surface area contributed by atoms with Gasteiger partial charge in [0.05, 0.1) is 6.10 Å². The average molecular weight is 281 g/mol. The zero-order valence-electron chi connectivity index (χ0n) is 12.8. The van der Waals surface area contributed by atoms with Crippen molar-refractivity contribution in [3.8, 4) is 0 Å². The third-order valence-electron chi connectivity index (χ3n) is 4.11. The van der Waals surface area contributed by atoms with Crippen LogP contribution in [0.4, 0.5) is 4.79 Å². The Kier molecular flexibility index (Phi) is 4.74. The monoisotopic (exact) mass is 281 g/mol. The van der Waals surface area contributed by atoms with Crippen LogP contribution < -0.4 is 0 Å². The third kappa shape index (κ3) is 3.98. The molecule has 1 fully saturated rings. The van der Waals surface area contributed by atoms with Crippen LogP contribution in [0.1, 0.15) is 46.5 Å². The number of aliphatic hydroxyl groups is 1. The van der Waals surface area contributed by atoms with Crippen molar-refractivity contribution >= 4 is 6.09 Å². The molecule has 1 unspecified atom stereocenters. The zero-order valence-corrected chi connectivity index (χ0v) is 12.8. The Bertz CT molecular complexity index is 372. The summed E-state index contributed by atoms with van der Waals surface area (Å²) in [6, 6.07) is 0. The van der Waals surface area contributed by atoms with Gasteiger partial charge in [0, 0.05) is 19.0 Å². The van der Waals surface area contributed by atoms with E-state index in [4.69, 9.17) is 4.74 Å². The molecule has 0 aromatic carbocycles. The molecule has 20 heavy (non-hydrogen) atoms. The molecule has 0 aromatic heterocycles. The van der Waals surface area contributed by atoms with Crippen LogP contribution in [0.2, 0.25) is 0 Å². The lowest BCUT2D eigenvalue weighted by Crippen LogP contribution is -2.49. The molecule has 1 heterocycles. The fourth-order valence-corrected chi connectivity index (χ4v) is 3.08. The highest BCUT2D eigenvalue weighted by molar-refractivity contribution is 5.68. The van der Waals surface area contributed by atoms with E-state index < -0.39 is 5.60 Å². The molecule has 1 saturated heterocycles. The van der Waals surface area contributed by atoms with E-state index >= 15 is 0 Å². The molecule has 114 valence electrons. The molecule has 4 nitrogen and oxygen atoms in total. The fourth-order valence-electron chi connectivity index (χ4n) is 3.08. The summed E-state index contributed by atoms with van der Waals surface area (Å²) in [6.07, 6.45) is 7.93. The lowest BCUT2D eigenvalue weighted by molar-refractivity contribution is -0.0184. The summed E-state index contributed by atoms with van der Waals surface area (Å²) in [7, 11) is 0. The van der Waals surface area contributed by atoms with E-state index in [9.17, 15) is 9.90 Å². The number of rotatable bonds is 1. The minimum atomic E-state index is -0.465. The normalized spacial score (nSPS) is 31.2. The van der Waals surface area contributed by atoms with E-state index in [2.05, 4.69) is 12.2 Å². The highest BCUT2D eigenvalue weighted by atomic mass is 16.6. The number of nitrogens with zero attached hydrogens (tertiary/aromatic N) is 1. The summed E-state index contributed by atoms with van der Waals surface area (Å²) < 4.78 is 5.44. The molecule has 0 bridgehead atoms. The summed E-state index contributed by atoms with van der Waals surface area (Å²) in [5.74, 6) is 0.539. The van der Waals surface area contributed by atoms with Crippen molar-refractivity contribution in [1.82, 2.24) is 4.90 Å². The van der Waals surface area contributed by atoms with E-state index in [-0.39, 0.29) is 18.1 Å². The van der Waals surface area contributed by atoms with Gasteiger partial charge in [-0.05, 0) is 52.4 Å². The average Bonchev–Trinajstić information content (AvgIpc) is 2.38. The number of likely N-dealkylation sites (tertiary alicyclic amines) is 1. The van der Waals surface area contributed by atoms with Gasteiger partial charge in [0.15, 0.2) is 0 Å². The van der Waals surface area contributed by atoms with Gasteiger partial charge in [0.25, 0.3) is 0 Å². The molecule has 0 radical (unpaired) electrons. The number of ether oxygens (including phenoxy) is 1. The second kappa shape index (κ2) is 6.17. The van der Waals surface area contributed by atoms with Gasteiger partial charge >= 0.3 is 6.09 Å². The van der Waals surface area contributed by atoms with E-state index in [1.165, 1.54) is 6.42 Å². The molecule has 4 heteroatoms. The first kappa shape index (κ1) is 15.4. The van der Waals surface area contributed by atoms with Crippen molar-refractivity contribution in [2.24, 2.45) is 11.8 Å². The summed E-state index contributed by atoms with van der Waals surface area (Å²) in [5.41, 5.74) is -0.465. The van der Waals surface area contributed by atoms with Crippen LogP contribution in [0.3, 0.4) is 0 Å². The molecular weight excluding hydrogens is 254 g/mol. The Morgan fingerprint density at radius 3 is 2.70 bits per heavy atom. The Morgan fingerprint density at radius 2 is 2.10 bits per heavy atom. The number of hydrogen-bond donors (Lipinski definition) is 1. The third-order valence-corrected chi connectivity index (χ3v) is 4.11. The molecular formula is C16H27NO3. The maximum absolute atomic E-state index is 12.2. The molecule has 1 amide bonds. The van der Waals surface area contributed by atoms with Crippen molar-refractivity contribution in [2.75, 3.05) is 13.1 Å². The maximum Gasteiger partial charge on any atom is 0.410 e. The Morgan fingerprint density at radius 1 is 1.35 bits per heavy atom. The smallest absolute Gasteiger partial charge is 0.410 e. The van der Waals surface area contributed by atoms with E-state index in [1.54, 1.807) is 4.90 Å². The largest absolute Gasteiger partial charge is 0.444 e. The van der Waals surface area contributed by atoms with Crippen LogP contribution in [-0.2, 0) is 4.74 Å². The molecule has 1 N–H and O–H groups in total. The van der Waals surface area contributed by atoms with Crippen molar-refractivity contribution in [3.05, 3.63) is 12.2 Å². The molecule has 3 atom stereocenters. The van der Waals surface area contributed by atoms with Crippen LogP contribution in [0.25, 0.3) is 0 Å². The summed E-state index contributed by atoms with van der Waals surface area (Å²) in [5, 5.41) is 10.2. The first-order valence-electron chi connectivity index (χ1n) is 7.69. The predicted molar refractivity (Wildman–Crippen MR) is 78.4 cm³/mol. The van der Waals surface area contributed by atoms with Crippen molar-refractivity contribution in [3.63, 3.8) is 0 Å². The van der Waals surface area contributed by atoms with Gasteiger partial charge < -0.3 is 14.7 Å². The van der Waals surface area contributed by atoms with Crippen LogP contribution in [0.15, 0.2) is 12.2 Å². The summed E-state index contributed by atoms with van der Waals surface area (Å²) >= 11 is 0. The second-order valence-corrected chi connectivity index (χ2v) is 6.97. The van der Waals surface area contributed by atoms with Crippen molar-refractivity contribution < 1.29 is 14.6 Å². The van der Waals surface area contributed by atoms with Crippen LogP contribution in [0, 0.1) is 11.8 Å². The van der Waals surface area contributed by atoms with Crippen molar-refractivity contribution in [1.29, 1.82) is 0 Å². The number of carbonyl (C=O) groups excluding carboxylic acids is 1. The molecule has 1 aliphatic heterocycles. The number of allylic oxidation sites excluding steroid dienone is 2. The van der Waals surface area contributed by atoms with Gasteiger partial charge in [-0.25, -0.2) is 4.79 Å². The number of aliphatic hydroxyl groups excluding tert-OH is 1. The van der Waals surface area contributed by atoms with E-state index in [0.717, 1.165) is 12.8 Å². The standard InChI is InChI=1S/C16H27NO3/c1-16(2,3)20-15(19)17-10-9-14(18)13(11-17)12-7-5-4-6-8-12/h5,7,12-14,18H,4,6,8-11H2,1-3H3/t12?,13-,14-/m0/s1. The minimum absolute atomic E-state index is 0.146. The van der Waals surface area contributed by atoms with Gasteiger partial charge in [0.2, 0.25) is 0 Å². The summed E-state index contributed by atoms with van der Waals surface area (Å²) in [6.45, 7) is 6.83. The van der Waals surface area contributed by atoms with Crippen LogP contribution in [-0.4, -0.2) is 40.9 Å². The topological polar surface area (TPSA) is 49.8 Å². The minimum Gasteiger partial charge on any atom is -0.444 e. The van der Waals surface area contributed by atoms with Gasteiger partial charge in [-0.1, -0.05) is 12.2 Å². The highest BCUT2D eigenvalue weighted by Crippen LogP contribution is 2.32. The zero-order chi connectivity index (χ0) is 14.8. The SMILES string of the molecule is CC(C)(C)OC(=O)N1CC[C@H](O)[C@H](C2C=CCCC2)C1. The van der Waals surface area contributed by atoms with Gasteiger partial charge in [0.1, 0.15) is 5.60 Å². The molecule has 2 aliphatic rings. The maximum atomic E-state index is 12.2. The first-order valence-corrected chi connectivity index (χ1v) is 7.69. The number of piperidine rings is 1. The lowest BCUT2D eigenvalue weighted by atomic mass is 9.78. The van der Waals surface area contributed by atoms with Gasteiger partial charge in [-0.3, -0.25) is 0 Å². The Balaban J connectivity index is 1.98. The van der Waals surface area contributed by atoms with Crippen LogP contribution >= 0.6 is 0 Å². The number of hydrogen-bond acceptors (Lipinski definition) is 3. The molecule has 0 aromatic rings. The van der Waals surface area contributed by atoms with Crippen molar-refractivity contribution in [2.45, 2.75) is 58.2 Å². The number of amides is 1. The molecule has 2 rings (SSSR count). The second-order valence-electron chi connectivity index (χ2n) is 6.97. The van der Waals surface area contributed by atoms with Gasteiger partial charge in [-0.2, -0.15) is 0 Å². The Labute approximate surface area is 121 Å². The summed E-state index contributed by atoms with van der Waals surface area (Å²) in [4.78, 5) is 13.9. The molecule has 0 spiro atoms. The van der Waals surface area contributed by atoms with Gasteiger partial charge in [-0.15, -0.1) is 0 Å². The van der Waals surface area contributed by atoms with E-state index in [1.807, 2.05) is 20.8 Å². The highest BCUT2D eigenvalue weighted by Gasteiger charge is 2.36. The number of carbonyl (C=O) groups is 1. The molecule has 1 aliphatic carbocycles. The molecule has 0 saturated carbocycles. The Hall–Kier alpha value is -1.03. The van der Waals surface area contributed by atoms with E-state index in [0.29, 0.717) is 25.4 Å². The first-order chi connectivity index (χ1) is 9.37. The van der Waals surface area contributed by atoms with Crippen LogP contribution in [0.5, 0.6) is 0 Å².